The number of nitrogens with zero attached hydrogens (tertiary/aromatic N) is 1. The number of nitrogens with one attached hydrogen (secondary N) is 1. The molecule has 0 radical (unpaired) electrons. The molecule has 3 rings (SSSR count). The zero-order valence-corrected chi connectivity index (χ0v) is 13.6. The average Bonchev–Trinajstić information content (AvgIpc) is 2.55. The molecule has 0 aliphatic carbocycles. The van der Waals surface area contributed by atoms with E-state index in [2.05, 4.69) is 5.32 Å². The van der Waals surface area contributed by atoms with Gasteiger partial charge in [0, 0.05) is 5.02 Å². The quantitative estimate of drug-likeness (QED) is 0.898. The Hall–Kier alpha value is -2.40. The summed E-state index contributed by atoms with van der Waals surface area (Å²) < 4.78 is 11.0. The molecule has 0 aromatic heterocycles. The maximum absolute atomic E-state index is 12.7. The second-order valence-electron chi connectivity index (χ2n) is 5.28. The first-order chi connectivity index (χ1) is 11.1. The van der Waals surface area contributed by atoms with Gasteiger partial charge in [0.25, 0.3) is 0 Å². The smallest absolute Gasteiger partial charge is 0.326 e. The number of carbonyl (C=O) groups excluding carboxylic acids is 1. The first kappa shape index (κ1) is 15.5. The van der Waals surface area contributed by atoms with Crippen LogP contribution in [-0.2, 0) is 0 Å². The van der Waals surface area contributed by atoms with Crippen molar-refractivity contribution in [1.82, 2.24) is 0 Å². The van der Waals surface area contributed by atoms with Crippen LogP contribution in [-0.4, -0.2) is 25.8 Å². The maximum Gasteiger partial charge on any atom is 0.326 e. The lowest BCUT2D eigenvalue weighted by Gasteiger charge is -2.33. The molecule has 2 aromatic rings. The SMILES string of the molecule is COc1ccccc1NC(=O)N1C[C@H](C)Oc2ccc(Cl)cc21. The van der Waals surface area contributed by atoms with Gasteiger partial charge in [-0.1, -0.05) is 23.7 Å². The number of ether oxygens (including phenoxy) is 2. The van der Waals surface area contributed by atoms with Crippen molar-refractivity contribution < 1.29 is 14.3 Å². The third-order valence-corrected chi connectivity index (χ3v) is 3.81. The van der Waals surface area contributed by atoms with Crippen molar-refractivity contribution in [2.45, 2.75) is 13.0 Å². The van der Waals surface area contributed by atoms with E-state index in [1.54, 1.807) is 42.3 Å². The Morgan fingerprint density at radius 3 is 2.91 bits per heavy atom. The van der Waals surface area contributed by atoms with E-state index >= 15 is 0 Å². The third-order valence-electron chi connectivity index (χ3n) is 3.57. The molecule has 0 fully saturated rings. The zero-order chi connectivity index (χ0) is 16.4. The number of halogens is 1. The minimum atomic E-state index is -0.256. The highest BCUT2D eigenvalue weighted by Crippen LogP contribution is 2.36. The first-order valence-corrected chi connectivity index (χ1v) is 7.64. The molecule has 2 amide bonds. The lowest BCUT2D eigenvalue weighted by atomic mass is 10.2. The van der Waals surface area contributed by atoms with Gasteiger partial charge in [0.1, 0.15) is 17.6 Å². The van der Waals surface area contributed by atoms with Crippen molar-refractivity contribution in [2.75, 3.05) is 23.9 Å². The Bertz CT molecular complexity index is 736. The Labute approximate surface area is 139 Å². The van der Waals surface area contributed by atoms with Gasteiger partial charge in [-0.2, -0.15) is 0 Å². The van der Waals surface area contributed by atoms with E-state index in [1.807, 2.05) is 19.1 Å². The number of methoxy groups -OCH3 is 1. The van der Waals surface area contributed by atoms with Crippen LogP contribution < -0.4 is 19.7 Å². The minimum Gasteiger partial charge on any atom is -0.495 e. The lowest BCUT2D eigenvalue weighted by Crippen LogP contribution is -2.44. The summed E-state index contributed by atoms with van der Waals surface area (Å²) in [6.45, 7) is 2.36. The monoisotopic (exact) mass is 332 g/mol. The summed E-state index contributed by atoms with van der Waals surface area (Å²) in [7, 11) is 1.57. The summed E-state index contributed by atoms with van der Waals surface area (Å²) in [5.41, 5.74) is 1.27. The molecule has 1 heterocycles. The largest absolute Gasteiger partial charge is 0.495 e. The van der Waals surface area contributed by atoms with E-state index in [1.165, 1.54) is 0 Å². The van der Waals surface area contributed by atoms with E-state index in [0.29, 0.717) is 34.4 Å². The van der Waals surface area contributed by atoms with Crippen LogP contribution in [0.3, 0.4) is 0 Å². The highest BCUT2D eigenvalue weighted by Gasteiger charge is 2.28. The molecule has 6 heteroatoms. The maximum atomic E-state index is 12.7. The molecule has 0 spiro atoms. The summed E-state index contributed by atoms with van der Waals surface area (Å²) in [6.07, 6.45) is -0.105. The fourth-order valence-electron chi connectivity index (χ4n) is 2.53. The molecule has 2 aromatic carbocycles. The molecule has 1 aliphatic rings. The zero-order valence-electron chi connectivity index (χ0n) is 12.9. The summed E-state index contributed by atoms with van der Waals surface area (Å²) in [5.74, 6) is 1.25. The molecule has 0 saturated carbocycles. The van der Waals surface area contributed by atoms with Crippen molar-refractivity contribution in [3.05, 3.63) is 47.5 Å². The van der Waals surface area contributed by atoms with Gasteiger partial charge in [0.05, 0.1) is 25.0 Å². The molecule has 0 unspecified atom stereocenters. The Morgan fingerprint density at radius 2 is 2.13 bits per heavy atom. The molecule has 1 atom stereocenters. The minimum absolute atomic E-state index is 0.105. The highest BCUT2D eigenvalue weighted by atomic mass is 35.5. The molecule has 0 saturated heterocycles. The first-order valence-electron chi connectivity index (χ1n) is 7.26. The van der Waals surface area contributed by atoms with E-state index in [-0.39, 0.29) is 12.1 Å². The van der Waals surface area contributed by atoms with Gasteiger partial charge in [-0.05, 0) is 37.3 Å². The van der Waals surface area contributed by atoms with Crippen molar-refractivity contribution in [3.63, 3.8) is 0 Å². The number of benzene rings is 2. The topological polar surface area (TPSA) is 50.8 Å². The predicted octanol–water partition coefficient (Wildman–Crippen LogP) is 4.17. The fraction of sp³-hybridized carbons (Fsp3) is 0.235. The van der Waals surface area contributed by atoms with Crippen LogP contribution in [0.4, 0.5) is 16.2 Å². The standard InChI is InChI=1S/C17H17ClN2O3/c1-11-10-20(14-9-12(18)7-8-16(14)23-11)17(21)19-13-5-3-4-6-15(13)22-2/h3-9,11H,10H2,1-2H3,(H,19,21)/t11-/m0/s1. The predicted molar refractivity (Wildman–Crippen MR) is 90.9 cm³/mol. The number of urea groups is 1. The third kappa shape index (κ3) is 3.19. The Kier molecular flexibility index (Phi) is 4.30. The summed E-state index contributed by atoms with van der Waals surface area (Å²) >= 11 is 6.06. The summed E-state index contributed by atoms with van der Waals surface area (Å²) in [4.78, 5) is 14.3. The van der Waals surface area contributed by atoms with Crippen LogP contribution in [0.1, 0.15) is 6.92 Å². The van der Waals surface area contributed by atoms with E-state index in [0.717, 1.165) is 0 Å². The molecule has 120 valence electrons. The van der Waals surface area contributed by atoms with Crippen LogP contribution in [0.15, 0.2) is 42.5 Å². The molecule has 5 nitrogen and oxygen atoms in total. The number of fused-ring (bicyclic) bond motifs is 1. The Balaban J connectivity index is 1.89. The van der Waals surface area contributed by atoms with Crippen LogP contribution in [0.5, 0.6) is 11.5 Å². The van der Waals surface area contributed by atoms with Crippen molar-refractivity contribution in [1.29, 1.82) is 0 Å². The number of carbonyl (C=O) groups is 1. The fourth-order valence-corrected chi connectivity index (χ4v) is 2.70. The summed E-state index contributed by atoms with van der Waals surface area (Å²) in [6, 6.07) is 12.3. The van der Waals surface area contributed by atoms with E-state index in [4.69, 9.17) is 21.1 Å². The highest BCUT2D eigenvalue weighted by molar-refractivity contribution is 6.31. The number of para-hydroxylation sites is 2. The van der Waals surface area contributed by atoms with Crippen LogP contribution in [0, 0.1) is 0 Å². The van der Waals surface area contributed by atoms with Crippen LogP contribution in [0.25, 0.3) is 0 Å². The number of anilines is 2. The van der Waals surface area contributed by atoms with Gasteiger partial charge in [-0.3, -0.25) is 4.90 Å². The summed E-state index contributed by atoms with van der Waals surface area (Å²) in [5, 5.41) is 3.43. The number of hydrogen-bond donors (Lipinski definition) is 1. The number of amides is 2. The van der Waals surface area contributed by atoms with Crippen molar-refractivity contribution in [2.24, 2.45) is 0 Å². The molecule has 23 heavy (non-hydrogen) atoms. The van der Waals surface area contributed by atoms with Gasteiger partial charge >= 0.3 is 6.03 Å². The molecule has 0 bridgehead atoms. The molecular weight excluding hydrogens is 316 g/mol. The van der Waals surface area contributed by atoms with Crippen LogP contribution >= 0.6 is 11.6 Å². The second kappa shape index (κ2) is 6.38. The number of hydrogen-bond acceptors (Lipinski definition) is 3. The van der Waals surface area contributed by atoms with Crippen LogP contribution in [0.2, 0.25) is 5.02 Å². The van der Waals surface area contributed by atoms with Crippen molar-refractivity contribution >= 4 is 29.0 Å². The number of rotatable bonds is 2. The lowest BCUT2D eigenvalue weighted by molar-refractivity contribution is 0.208. The Morgan fingerprint density at radius 1 is 1.35 bits per heavy atom. The van der Waals surface area contributed by atoms with Gasteiger partial charge in [-0.15, -0.1) is 0 Å². The van der Waals surface area contributed by atoms with E-state index in [9.17, 15) is 4.79 Å². The van der Waals surface area contributed by atoms with Gasteiger partial charge in [0.2, 0.25) is 0 Å². The average molecular weight is 333 g/mol. The molecular formula is C17H17ClN2O3. The molecule has 1 N–H and O–H groups in total. The second-order valence-corrected chi connectivity index (χ2v) is 5.72. The van der Waals surface area contributed by atoms with Gasteiger partial charge < -0.3 is 14.8 Å². The van der Waals surface area contributed by atoms with Crippen molar-refractivity contribution in [3.8, 4) is 11.5 Å². The van der Waals surface area contributed by atoms with Gasteiger partial charge in [-0.25, -0.2) is 4.79 Å². The normalized spacial score (nSPS) is 16.3. The van der Waals surface area contributed by atoms with Gasteiger partial charge in [0.15, 0.2) is 0 Å². The van der Waals surface area contributed by atoms with E-state index < -0.39 is 0 Å². The molecule has 1 aliphatic heterocycles.